The van der Waals surface area contributed by atoms with Crippen LogP contribution in [0.15, 0.2) is 12.5 Å². The van der Waals surface area contributed by atoms with Gasteiger partial charge in [-0.25, -0.2) is 4.98 Å². The van der Waals surface area contributed by atoms with Crippen molar-refractivity contribution in [3.63, 3.8) is 0 Å². The summed E-state index contributed by atoms with van der Waals surface area (Å²) in [6, 6.07) is 0.637. The van der Waals surface area contributed by atoms with Gasteiger partial charge in [0.25, 0.3) is 0 Å². The van der Waals surface area contributed by atoms with Crippen molar-refractivity contribution in [2.45, 2.75) is 38.8 Å². The number of aliphatic hydroxyl groups is 1. The maximum atomic E-state index is 8.85. The highest BCUT2D eigenvalue weighted by Crippen LogP contribution is 2.39. The van der Waals surface area contributed by atoms with Gasteiger partial charge in [0, 0.05) is 12.2 Å². The van der Waals surface area contributed by atoms with E-state index in [0.717, 1.165) is 11.6 Å². The van der Waals surface area contributed by atoms with E-state index < -0.39 is 0 Å². The molecule has 1 aliphatic carbocycles. The molecule has 2 rings (SSSR count). The molecule has 0 saturated heterocycles. The van der Waals surface area contributed by atoms with Crippen molar-refractivity contribution in [1.82, 2.24) is 9.55 Å². The Morgan fingerprint density at radius 3 is 2.92 bits per heavy atom. The molecule has 1 heterocycles. The van der Waals surface area contributed by atoms with Gasteiger partial charge in [-0.2, -0.15) is 0 Å². The first-order valence-electron chi connectivity index (χ1n) is 4.96. The minimum Gasteiger partial charge on any atom is -0.390 e. The van der Waals surface area contributed by atoms with Crippen molar-refractivity contribution in [3.8, 4) is 0 Å². The van der Waals surface area contributed by atoms with E-state index in [0.29, 0.717) is 6.04 Å². The molecule has 72 valence electrons. The number of hydrogen-bond donors (Lipinski definition) is 1. The quantitative estimate of drug-likeness (QED) is 0.769. The van der Waals surface area contributed by atoms with Crippen molar-refractivity contribution in [1.29, 1.82) is 0 Å². The lowest BCUT2D eigenvalue weighted by Gasteiger charge is -2.35. The van der Waals surface area contributed by atoms with E-state index in [1.54, 1.807) is 0 Å². The molecule has 0 atom stereocenters. The highest BCUT2D eigenvalue weighted by atomic mass is 16.3. The standard InChI is InChI=1S/C10H16N2O/c1-2-8-3-10(4-8)12-5-9(6-13)11-7-12/h5,7-8,10,13H,2-4,6H2,1H3. The SMILES string of the molecule is CCC1CC(n2cnc(CO)c2)C1. The fourth-order valence-corrected chi connectivity index (χ4v) is 1.94. The molecule has 0 radical (unpaired) electrons. The van der Waals surface area contributed by atoms with Crippen LogP contribution in [0.2, 0.25) is 0 Å². The Bertz CT molecular complexity index is 276. The summed E-state index contributed by atoms with van der Waals surface area (Å²) in [4.78, 5) is 4.10. The molecule has 1 aliphatic rings. The van der Waals surface area contributed by atoms with Crippen molar-refractivity contribution in [3.05, 3.63) is 18.2 Å². The minimum atomic E-state index is 0.0525. The van der Waals surface area contributed by atoms with Gasteiger partial charge in [-0.1, -0.05) is 13.3 Å². The molecule has 0 bridgehead atoms. The van der Waals surface area contributed by atoms with Crippen LogP contribution >= 0.6 is 0 Å². The fraction of sp³-hybridized carbons (Fsp3) is 0.700. The predicted octanol–water partition coefficient (Wildman–Crippen LogP) is 1.74. The van der Waals surface area contributed by atoms with Gasteiger partial charge in [-0.3, -0.25) is 0 Å². The average molecular weight is 180 g/mol. The van der Waals surface area contributed by atoms with Crippen LogP contribution in [0.1, 0.15) is 37.9 Å². The maximum absolute atomic E-state index is 8.85. The minimum absolute atomic E-state index is 0.0525. The fourth-order valence-electron chi connectivity index (χ4n) is 1.94. The van der Waals surface area contributed by atoms with Crippen LogP contribution in [-0.4, -0.2) is 14.7 Å². The summed E-state index contributed by atoms with van der Waals surface area (Å²) in [6.07, 6.45) is 7.63. The van der Waals surface area contributed by atoms with Crippen LogP contribution in [0.25, 0.3) is 0 Å². The number of nitrogens with zero attached hydrogens (tertiary/aromatic N) is 2. The van der Waals surface area contributed by atoms with Gasteiger partial charge < -0.3 is 9.67 Å². The first-order valence-corrected chi connectivity index (χ1v) is 4.96. The topological polar surface area (TPSA) is 38.0 Å². The van der Waals surface area contributed by atoms with Gasteiger partial charge in [-0.05, 0) is 18.8 Å². The molecule has 0 unspecified atom stereocenters. The van der Waals surface area contributed by atoms with Crippen molar-refractivity contribution >= 4 is 0 Å². The van der Waals surface area contributed by atoms with E-state index in [2.05, 4.69) is 16.5 Å². The zero-order valence-electron chi connectivity index (χ0n) is 7.98. The van der Waals surface area contributed by atoms with Gasteiger partial charge >= 0.3 is 0 Å². The lowest BCUT2D eigenvalue weighted by molar-refractivity contribution is 0.192. The molecule has 1 fully saturated rings. The highest BCUT2D eigenvalue weighted by molar-refractivity contribution is 4.98. The molecule has 1 aromatic rings. The van der Waals surface area contributed by atoms with E-state index >= 15 is 0 Å². The van der Waals surface area contributed by atoms with Gasteiger partial charge in [0.05, 0.1) is 18.6 Å². The van der Waals surface area contributed by atoms with Crippen molar-refractivity contribution in [2.75, 3.05) is 0 Å². The first-order chi connectivity index (χ1) is 6.33. The smallest absolute Gasteiger partial charge is 0.0953 e. The maximum Gasteiger partial charge on any atom is 0.0953 e. The van der Waals surface area contributed by atoms with Gasteiger partial charge in [0.2, 0.25) is 0 Å². The second-order valence-electron chi connectivity index (χ2n) is 3.87. The largest absolute Gasteiger partial charge is 0.390 e. The van der Waals surface area contributed by atoms with E-state index in [-0.39, 0.29) is 6.61 Å². The summed E-state index contributed by atoms with van der Waals surface area (Å²) in [5, 5.41) is 8.85. The normalized spacial score (nSPS) is 27.2. The number of imidazole rings is 1. The Labute approximate surface area is 78.4 Å². The molecule has 1 N–H and O–H groups in total. The number of aromatic nitrogens is 2. The third kappa shape index (κ3) is 1.61. The third-order valence-corrected chi connectivity index (χ3v) is 3.03. The van der Waals surface area contributed by atoms with Crippen molar-refractivity contribution in [2.24, 2.45) is 5.92 Å². The van der Waals surface area contributed by atoms with E-state index in [1.165, 1.54) is 19.3 Å². The summed E-state index contributed by atoms with van der Waals surface area (Å²) in [5.41, 5.74) is 0.778. The molecule has 0 amide bonds. The van der Waals surface area contributed by atoms with Crippen molar-refractivity contribution < 1.29 is 5.11 Å². The molecule has 0 aliphatic heterocycles. The number of aliphatic hydroxyl groups excluding tert-OH is 1. The van der Waals surface area contributed by atoms with Crippen LogP contribution in [0.3, 0.4) is 0 Å². The summed E-state index contributed by atoms with van der Waals surface area (Å²) in [6.45, 7) is 2.30. The number of hydrogen-bond acceptors (Lipinski definition) is 2. The summed E-state index contributed by atoms with van der Waals surface area (Å²) in [5.74, 6) is 0.907. The average Bonchev–Trinajstić information content (AvgIpc) is 2.51. The molecule has 1 aromatic heterocycles. The highest BCUT2D eigenvalue weighted by Gasteiger charge is 2.28. The molecule has 0 spiro atoms. The van der Waals surface area contributed by atoms with Gasteiger partial charge in [0.1, 0.15) is 0 Å². The summed E-state index contributed by atoms with van der Waals surface area (Å²) >= 11 is 0. The molecule has 1 saturated carbocycles. The molecule has 3 heteroatoms. The Kier molecular flexibility index (Phi) is 2.36. The molecular weight excluding hydrogens is 164 g/mol. The Morgan fingerprint density at radius 2 is 2.38 bits per heavy atom. The molecule has 0 aromatic carbocycles. The summed E-state index contributed by atoms with van der Waals surface area (Å²) < 4.78 is 2.14. The van der Waals surface area contributed by atoms with Crippen LogP contribution in [-0.2, 0) is 6.61 Å². The molecular formula is C10H16N2O. The van der Waals surface area contributed by atoms with Crippen LogP contribution in [0.5, 0.6) is 0 Å². The lowest BCUT2D eigenvalue weighted by Crippen LogP contribution is -2.25. The van der Waals surface area contributed by atoms with Crippen LogP contribution in [0.4, 0.5) is 0 Å². The monoisotopic (exact) mass is 180 g/mol. The predicted molar refractivity (Wildman–Crippen MR) is 50.2 cm³/mol. The second kappa shape index (κ2) is 3.50. The van der Waals surface area contributed by atoms with Crippen LogP contribution in [0, 0.1) is 5.92 Å². The third-order valence-electron chi connectivity index (χ3n) is 3.03. The Balaban J connectivity index is 1.95. The summed E-state index contributed by atoms with van der Waals surface area (Å²) in [7, 11) is 0. The Morgan fingerprint density at radius 1 is 1.62 bits per heavy atom. The van der Waals surface area contributed by atoms with Crippen LogP contribution < -0.4 is 0 Å². The van der Waals surface area contributed by atoms with Gasteiger partial charge in [-0.15, -0.1) is 0 Å². The lowest BCUT2D eigenvalue weighted by atomic mass is 9.78. The number of rotatable bonds is 3. The molecule has 3 nitrogen and oxygen atoms in total. The van der Waals surface area contributed by atoms with E-state index in [4.69, 9.17) is 5.11 Å². The Hall–Kier alpha value is -0.830. The van der Waals surface area contributed by atoms with Gasteiger partial charge in [0.15, 0.2) is 0 Å². The second-order valence-corrected chi connectivity index (χ2v) is 3.87. The zero-order chi connectivity index (χ0) is 9.26. The van der Waals surface area contributed by atoms with E-state index in [1.807, 2.05) is 12.5 Å². The first kappa shape index (κ1) is 8.75. The van der Waals surface area contributed by atoms with E-state index in [9.17, 15) is 0 Å². The molecule has 13 heavy (non-hydrogen) atoms. The zero-order valence-corrected chi connectivity index (χ0v) is 7.98.